The standard InChI is InChI=1S/C25H29N5O2S/c31-23(26-16-20-6-4-5-7-21(20)17-29-12-14-32-15-13-29)18-33-25-27-24(19-10-11-19)30(28-25)22-8-2-1-3-9-22/h1-9,19H,10-18H2,(H,26,31). The van der Waals surface area contributed by atoms with Gasteiger partial charge in [0.05, 0.1) is 24.7 Å². The van der Waals surface area contributed by atoms with E-state index in [0.717, 1.165) is 62.8 Å². The topological polar surface area (TPSA) is 72.3 Å². The molecule has 2 heterocycles. The number of para-hydroxylation sites is 1. The van der Waals surface area contributed by atoms with Crippen molar-refractivity contribution in [2.75, 3.05) is 32.1 Å². The van der Waals surface area contributed by atoms with E-state index in [4.69, 9.17) is 9.72 Å². The van der Waals surface area contributed by atoms with Gasteiger partial charge in [-0.2, -0.15) is 0 Å². The summed E-state index contributed by atoms with van der Waals surface area (Å²) in [6.45, 7) is 4.87. The molecule has 33 heavy (non-hydrogen) atoms. The molecule has 1 saturated carbocycles. The Hall–Kier alpha value is -2.68. The van der Waals surface area contributed by atoms with Crippen molar-refractivity contribution in [3.63, 3.8) is 0 Å². The maximum absolute atomic E-state index is 12.6. The molecule has 1 amide bonds. The van der Waals surface area contributed by atoms with Crippen LogP contribution in [0.5, 0.6) is 0 Å². The number of nitrogens with one attached hydrogen (secondary N) is 1. The minimum atomic E-state index is -0.00907. The van der Waals surface area contributed by atoms with Crippen molar-refractivity contribution in [1.82, 2.24) is 25.0 Å². The van der Waals surface area contributed by atoms with E-state index >= 15 is 0 Å². The summed E-state index contributed by atoms with van der Waals surface area (Å²) in [7, 11) is 0. The number of benzene rings is 2. The number of amides is 1. The van der Waals surface area contributed by atoms with Crippen LogP contribution in [-0.4, -0.2) is 57.6 Å². The lowest BCUT2D eigenvalue weighted by atomic mass is 10.1. The first kappa shape index (κ1) is 22.1. The highest BCUT2D eigenvalue weighted by Gasteiger charge is 2.30. The van der Waals surface area contributed by atoms with Crippen LogP contribution in [0.2, 0.25) is 0 Å². The van der Waals surface area contributed by atoms with Crippen LogP contribution in [0.25, 0.3) is 5.69 Å². The van der Waals surface area contributed by atoms with Gasteiger partial charge in [0.1, 0.15) is 5.82 Å². The quantitative estimate of drug-likeness (QED) is 0.491. The third-order valence-electron chi connectivity index (χ3n) is 5.98. The first-order valence-electron chi connectivity index (χ1n) is 11.5. The summed E-state index contributed by atoms with van der Waals surface area (Å²) in [6, 6.07) is 18.4. The molecule has 2 aromatic carbocycles. The van der Waals surface area contributed by atoms with Crippen LogP contribution < -0.4 is 5.32 Å². The molecule has 0 bridgehead atoms. The normalized spacial score (nSPS) is 16.6. The lowest BCUT2D eigenvalue weighted by molar-refractivity contribution is -0.118. The maximum Gasteiger partial charge on any atom is 0.230 e. The average Bonchev–Trinajstić information content (AvgIpc) is 3.62. The average molecular weight is 464 g/mol. The molecule has 0 radical (unpaired) electrons. The summed E-state index contributed by atoms with van der Waals surface area (Å²) in [4.78, 5) is 19.7. The maximum atomic E-state index is 12.6. The number of aromatic nitrogens is 3. The largest absolute Gasteiger partial charge is 0.379 e. The summed E-state index contributed by atoms with van der Waals surface area (Å²) in [5.41, 5.74) is 3.43. The van der Waals surface area contributed by atoms with Gasteiger partial charge in [0.15, 0.2) is 0 Å². The van der Waals surface area contributed by atoms with Crippen molar-refractivity contribution in [3.8, 4) is 5.69 Å². The molecule has 1 N–H and O–H groups in total. The molecule has 1 aliphatic carbocycles. The molecule has 1 aromatic heterocycles. The van der Waals surface area contributed by atoms with Gasteiger partial charge in [-0.3, -0.25) is 9.69 Å². The molecule has 1 aliphatic heterocycles. The Morgan fingerprint density at radius 3 is 2.52 bits per heavy atom. The molecule has 7 nitrogen and oxygen atoms in total. The number of rotatable bonds is 9. The Kier molecular flexibility index (Phi) is 7.04. The number of carbonyl (C=O) groups excluding carboxylic acids is 1. The van der Waals surface area contributed by atoms with Gasteiger partial charge in [0, 0.05) is 32.1 Å². The second-order valence-corrected chi connectivity index (χ2v) is 9.44. The molecule has 0 atom stereocenters. The highest BCUT2D eigenvalue weighted by atomic mass is 32.2. The van der Waals surface area contributed by atoms with E-state index < -0.39 is 0 Å². The second-order valence-electron chi connectivity index (χ2n) is 8.50. The molecule has 172 valence electrons. The number of morpholine rings is 1. The van der Waals surface area contributed by atoms with Crippen molar-refractivity contribution in [2.45, 2.75) is 37.0 Å². The molecule has 2 aliphatic rings. The van der Waals surface area contributed by atoms with Crippen molar-refractivity contribution < 1.29 is 9.53 Å². The number of ether oxygens (including phenoxy) is 1. The number of hydrogen-bond acceptors (Lipinski definition) is 6. The Bertz CT molecular complexity index is 1080. The lowest BCUT2D eigenvalue weighted by Gasteiger charge is -2.27. The molecule has 5 rings (SSSR count). The minimum Gasteiger partial charge on any atom is -0.379 e. The third kappa shape index (κ3) is 5.82. The Balaban J connectivity index is 1.17. The van der Waals surface area contributed by atoms with Crippen molar-refractivity contribution in [3.05, 3.63) is 71.5 Å². The van der Waals surface area contributed by atoms with Gasteiger partial charge < -0.3 is 10.1 Å². The fraction of sp³-hybridized carbons (Fsp3) is 0.400. The van der Waals surface area contributed by atoms with Crippen LogP contribution in [0.4, 0.5) is 0 Å². The van der Waals surface area contributed by atoms with Gasteiger partial charge in [-0.1, -0.05) is 54.2 Å². The van der Waals surface area contributed by atoms with E-state index in [2.05, 4.69) is 33.5 Å². The van der Waals surface area contributed by atoms with Crippen molar-refractivity contribution in [1.29, 1.82) is 0 Å². The zero-order valence-corrected chi connectivity index (χ0v) is 19.5. The van der Waals surface area contributed by atoms with E-state index in [0.29, 0.717) is 23.4 Å². The van der Waals surface area contributed by atoms with Gasteiger partial charge in [-0.15, -0.1) is 5.10 Å². The zero-order chi connectivity index (χ0) is 22.5. The Morgan fingerprint density at radius 1 is 1.03 bits per heavy atom. The summed E-state index contributed by atoms with van der Waals surface area (Å²) in [5, 5.41) is 8.41. The van der Waals surface area contributed by atoms with E-state index in [9.17, 15) is 4.79 Å². The van der Waals surface area contributed by atoms with Crippen LogP contribution in [0.3, 0.4) is 0 Å². The number of hydrogen-bond donors (Lipinski definition) is 1. The SMILES string of the molecule is O=C(CSc1nc(C2CC2)n(-c2ccccc2)n1)NCc1ccccc1CN1CCOCC1. The van der Waals surface area contributed by atoms with Gasteiger partial charge in [0.2, 0.25) is 11.1 Å². The predicted molar refractivity (Wildman–Crippen MR) is 128 cm³/mol. The third-order valence-corrected chi connectivity index (χ3v) is 6.82. The lowest BCUT2D eigenvalue weighted by Crippen LogP contribution is -2.36. The van der Waals surface area contributed by atoms with E-state index in [1.165, 1.54) is 17.3 Å². The summed E-state index contributed by atoms with van der Waals surface area (Å²) in [6.07, 6.45) is 2.31. The minimum absolute atomic E-state index is 0.00907. The fourth-order valence-electron chi connectivity index (χ4n) is 3.99. The van der Waals surface area contributed by atoms with Crippen LogP contribution >= 0.6 is 11.8 Å². The van der Waals surface area contributed by atoms with E-state index in [-0.39, 0.29) is 5.91 Å². The zero-order valence-electron chi connectivity index (χ0n) is 18.7. The molecular formula is C25H29N5O2S. The number of thioether (sulfide) groups is 1. The van der Waals surface area contributed by atoms with Gasteiger partial charge in [0.25, 0.3) is 0 Å². The van der Waals surface area contributed by atoms with Gasteiger partial charge in [-0.05, 0) is 36.1 Å². The Labute approximate surface area is 198 Å². The summed E-state index contributed by atoms with van der Waals surface area (Å²) in [5.74, 6) is 1.77. The predicted octanol–water partition coefficient (Wildman–Crippen LogP) is 3.39. The summed E-state index contributed by atoms with van der Waals surface area (Å²) < 4.78 is 7.38. The number of carbonyl (C=O) groups is 1. The monoisotopic (exact) mass is 463 g/mol. The van der Waals surface area contributed by atoms with Crippen molar-refractivity contribution >= 4 is 17.7 Å². The molecule has 1 saturated heterocycles. The molecular weight excluding hydrogens is 434 g/mol. The van der Waals surface area contributed by atoms with Crippen LogP contribution in [0.15, 0.2) is 59.8 Å². The fourth-order valence-corrected chi connectivity index (χ4v) is 4.65. The summed E-state index contributed by atoms with van der Waals surface area (Å²) >= 11 is 1.39. The Morgan fingerprint density at radius 2 is 1.76 bits per heavy atom. The van der Waals surface area contributed by atoms with Crippen LogP contribution in [0, 0.1) is 0 Å². The number of nitrogens with zero attached hydrogens (tertiary/aromatic N) is 4. The van der Waals surface area contributed by atoms with E-state index in [1.807, 2.05) is 41.1 Å². The van der Waals surface area contributed by atoms with E-state index in [1.54, 1.807) is 0 Å². The van der Waals surface area contributed by atoms with Crippen LogP contribution in [-0.2, 0) is 22.6 Å². The molecule has 0 spiro atoms. The van der Waals surface area contributed by atoms with Crippen molar-refractivity contribution in [2.24, 2.45) is 0 Å². The highest BCUT2D eigenvalue weighted by Crippen LogP contribution is 2.40. The van der Waals surface area contributed by atoms with Crippen LogP contribution in [0.1, 0.15) is 35.7 Å². The first-order valence-corrected chi connectivity index (χ1v) is 12.5. The van der Waals surface area contributed by atoms with Gasteiger partial charge in [-0.25, -0.2) is 9.67 Å². The first-order chi connectivity index (χ1) is 16.3. The highest BCUT2D eigenvalue weighted by molar-refractivity contribution is 7.99. The second kappa shape index (κ2) is 10.5. The molecule has 0 unspecified atom stereocenters. The smallest absolute Gasteiger partial charge is 0.230 e. The molecule has 3 aromatic rings. The van der Waals surface area contributed by atoms with Gasteiger partial charge >= 0.3 is 0 Å². The molecule has 8 heteroatoms. The molecule has 2 fully saturated rings.